The van der Waals surface area contributed by atoms with Gasteiger partial charge in [-0.3, -0.25) is 48.9 Å². The molecular formula is C58H58N8O9. The van der Waals surface area contributed by atoms with Crippen LogP contribution in [0.3, 0.4) is 0 Å². The number of aromatic amines is 4. The van der Waals surface area contributed by atoms with Crippen molar-refractivity contribution in [3.8, 4) is 0 Å². The number of unbranched alkanes of at least 4 members (excludes halogenated alkanes) is 6. The van der Waals surface area contributed by atoms with Crippen molar-refractivity contribution in [3.63, 3.8) is 0 Å². The zero-order valence-electron chi connectivity index (χ0n) is 41.8. The number of rotatable bonds is 22. The Morgan fingerprint density at radius 2 is 1.15 bits per heavy atom. The summed E-state index contributed by atoms with van der Waals surface area (Å²) in [6, 6.07) is 21.1. The lowest BCUT2D eigenvalue weighted by atomic mass is 9.92. The smallest absolute Gasteiger partial charge is 0.269 e. The molecule has 0 saturated heterocycles. The van der Waals surface area contributed by atoms with Crippen molar-refractivity contribution in [1.29, 1.82) is 0 Å². The van der Waals surface area contributed by atoms with E-state index < -0.39 is 29.5 Å². The molecule has 0 unspecified atom stereocenters. The average Bonchev–Trinajstić information content (AvgIpc) is 4.25. The molecule has 0 bridgehead atoms. The van der Waals surface area contributed by atoms with E-state index in [1.54, 1.807) is 29.4 Å². The number of carbonyl (C=O) groups is 7. The molecule has 7 amide bonds. The molecule has 7 aromatic rings. The first kappa shape index (κ1) is 51.2. The van der Waals surface area contributed by atoms with Crippen LogP contribution in [0, 0.1) is 13.8 Å². The highest BCUT2D eigenvalue weighted by molar-refractivity contribution is 6.53. The normalized spacial score (nSPS) is 14.1. The molecule has 0 atom stereocenters. The van der Waals surface area contributed by atoms with Crippen LogP contribution < -0.4 is 11.0 Å². The van der Waals surface area contributed by atoms with Crippen molar-refractivity contribution in [2.75, 3.05) is 6.54 Å². The van der Waals surface area contributed by atoms with Gasteiger partial charge in [-0.1, -0.05) is 92.9 Å². The van der Waals surface area contributed by atoms with E-state index in [1.807, 2.05) is 92.7 Å². The zero-order valence-corrected chi connectivity index (χ0v) is 41.8. The van der Waals surface area contributed by atoms with Gasteiger partial charge in [-0.2, -0.15) is 0 Å². The number of nitrogens with one attached hydrogen (secondary N) is 6. The van der Waals surface area contributed by atoms with E-state index in [0.29, 0.717) is 108 Å². The summed E-state index contributed by atoms with van der Waals surface area (Å²) in [6.07, 6.45) is 14.1. The van der Waals surface area contributed by atoms with E-state index in [1.165, 1.54) is 4.90 Å². The van der Waals surface area contributed by atoms with E-state index in [4.69, 9.17) is 10.4 Å². The Kier molecular flexibility index (Phi) is 15.2. The minimum absolute atomic E-state index is 0.0539. The van der Waals surface area contributed by atoms with Gasteiger partial charge in [-0.15, -0.1) is 0 Å². The number of para-hydroxylation sites is 2. The maximum absolute atomic E-state index is 14.6. The number of hydroxylamine groups is 2. The third-order valence-electron chi connectivity index (χ3n) is 14.2. The summed E-state index contributed by atoms with van der Waals surface area (Å²) in [6.45, 7) is 8.08. The number of nitrogens with zero attached hydrogens (tertiary/aromatic N) is 2. The van der Waals surface area contributed by atoms with Gasteiger partial charge in [0.1, 0.15) is 0 Å². The number of hydrogen-bond acceptors (Lipinski definition) is 9. The van der Waals surface area contributed by atoms with Crippen LogP contribution in [-0.2, 0) is 40.0 Å². The molecule has 8 N–H and O–H groups in total. The van der Waals surface area contributed by atoms with Gasteiger partial charge < -0.3 is 19.9 Å². The Morgan fingerprint density at radius 3 is 1.79 bits per heavy atom. The van der Waals surface area contributed by atoms with Gasteiger partial charge in [0.2, 0.25) is 17.7 Å². The molecule has 2 aliphatic rings. The fraction of sp³-hybridized carbons (Fsp3) is 0.259. The number of amides is 7. The molecule has 0 fully saturated rings. The lowest BCUT2D eigenvalue weighted by Crippen LogP contribution is -2.37. The van der Waals surface area contributed by atoms with Crippen LogP contribution in [-0.4, -0.2) is 88.0 Å². The van der Waals surface area contributed by atoms with Crippen LogP contribution in [0.15, 0.2) is 91.8 Å². The topological polar surface area (TPSA) is 254 Å². The minimum Gasteiger partial charge on any atom is -0.361 e. The largest absolute Gasteiger partial charge is 0.361 e. The van der Waals surface area contributed by atoms with Crippen LogP contribution >= 0.6 is 0 Å². The Balaban J connectivity index is 0.980. The Morgan fingerprint density at radius 1 is 0.600 bits per heavy atom. The highest BCUT2D eigenvalue weighted by Crippen LogP contribution is 2.44. The lowest BCUT2D eigenvalue weighted by molar-refractivity contribution is -0.148. The first-order chi connectivity index (χ1) is 36.4. The van der Waals surface area contributed by atoms with E-state index in [2.05, 4.69) is 26.5 Å². The molecule has 9 rings (SSSR count). The van der Waals surface area contributed by atoms with Gasteiger partial charge in [-0.05, 0) is 75.8 Å². The number of imide groups is 4. The molecule has 4 aromatic heterocycles. The second kappa shape index (κ2) is 22.2. The number of benzene rings is 3. The Labute approximate surface area is 431 Å². The van der Waals surface area contributed by atoms with Crippen molar-refractivity contribution < 1.29 is 44.0 Å². The SMILES string of the molecule is C=Cc1c(C2=C(c3c[nH]c4ccccc34)C(=O)N(C(=O)CCCCCCC(=O)NO)C2=O)c[nH]c1/C=C\Cc1ccc2c(C3=C(c4c(C)[nH]c5ccccc45)C(=O)N(CCCCCCC(=O)NO)C3=O)c(C)[nH]c2c1. The first-order valence-corrected chi connectivity index (χ1v) is 25.2. The second-order valence-corrected chi connectivity index (χ2v) is 19.0. The predicted octanol–water partition coefficient (Wildman–Crippen LogP) is 9.36. The van der Waals surface area contributed by atoms with Gasteiger partial charge in [0, 0.05) is 116 Å². The number of H-pyrrole nitrogens is 4. The van der Waals surface area contributed by atoms with Gasteiger partial charge >= 0.3 is 0 Å². The van der Waals surface area contributed by atoms with Gasteiger partial charge in [0.25, 0.3) is 23.6 Å². The highest BCUT2D eigenvalue weighted by Gasteiger charge is 2.45. The van der Waals surface area contributed by atoms with Crippen LogP contribution in [0.4, 0.5) is 0 Å². The highest BCUT2D eigenvalue weighted by atomic mass is 16.5. The molecule has 0 aliphatic carbocycles. The summed E-state index contributed by atoms with van der Waals surface area (Å²) in [5, 5.41) is 19.9. The Hall–Kier alpha value is -8.67. The number of carbonyl (C=O) groups excluding carboxylic acids is 7. The van der Waals surface area contributed by atoms with Crippen LogP contribution in [0.25, 0.3) is 67.2 Å². The fourth-order valence-electron chi connectivity index (χ4n) is 10.6. The monoisotopic (exact) mass is 1010 g/mol. The third-order valence-corrected chi connectivity index (χ3v) is 14.2. The average molecular weight is 1010 g/mol. The molecule has 0 radical (unpaired) electrons. The summed E-state index contributed by atoms with van der Waals surface area (Å²) >= 11 is 0. The molecule has 3 aromatic carbocycles. The molecule has 0 saturated carbocycles. The summed E-state index contributed by atoms with van der Waals surface area (Å²) in [5.74, 6) is -3.75. The quantitative estimate of drug-likeness (QED) is 0.0139. The first-order valence-electron chi connectivity index (χ1n) is 25.2. The van der Waals surface area contributed by atoms with E-state index in [9.17, 15) is 33.6 Å². The summed E-state index contributed by atoms with van der Waals surface area (Å²) < 4.78 is 0. The molecule has 75 heavy (non-hydrogen) atoms. The van der Waals surface area contributed by atoms with E-state index >= 15 is 0 Å². The number of aromatic nitrogens is 4. The van der Waals surface area contributed by atoms with Crippen molar-refractivity contribution in [2.45, 2.75) is 90.9 Å². The predicted molar refractivity (Wildman–Crippen MR) is 286 cm³/mol. The maximum Gasteiger partial charge on any atom is 0.269 e. The maximum atomic E-state index is 14.6. The van der Waals surface area contributed by atoms with Crippen molar-refractivity contribution in [1.82, 2.24) is 40.7 Å². The van der Waals surface area contributed by atoms with Crippen molar-refractivity contribution in [3.05, 3.63) is 142 Å². The fourth-order valence-corrected chi connectivity index (χ4v) is 10.6. The van der Waals surface area contributed by atoms with Gasteiger partial charge in [-0.25, -0.2) is 15.9 Å². The molecule has 0 spiro atoms. The van der Waals surface area contributed by atoms with Crippen LogP contribution in [0.5, 0.6) is 0 Å². The molecule has 17 heteroatoms. The molecule has 6 heterocycles. The molecule has 17 nitrogen and oxygen atoms in total. The Bertz CT molecular complexity index is 3560. The van der Waals surface area contributed by atoms with Gasteiger partial charge in [0.05, 0.1) is 22.3 Å². The number of fused-ring (bicyclic) bond motifs is 3. The van der Waals surface area contributed by atoms with Crippen molar-refractivity contribution in [2.24, 2.45) is 0 Å². The summed E-state index contributed by atoms with van der Waals surface area (Å²) in [4.78, 5) is 110. The molecular weight excluding hydrogens is 953 g/mol. The summed E-state index contributed by atoms with van der Waals surface area (Å²) in [5.41, 5.74) is 12.4. The number of aryl methyl sites for hydroxylation is 2. The number of hydrogen-bond donors (Lipinski definition) is 8. The molecule has 384 valence electrons. The lowest BCUT2D eigenvalue weighted by Gasteiger charge is -2.15. The van der Waals surface area contributed by atoms with E-state index in [0.717, 1.165) is 49.2 Å². The van der Waals surface area contributed by atoms with Crippen LogP contribution in [0.1, 0.15) is 121 Å². The second-order valence-electron chi connectivity index (χ2n) is 19.0. The molecule has 2 aliphatic heterocycles. The van der Waals surface area contributed by atoms with Crippen molar-refractivity contribution >= 4 is 109 Å². The van der Waals surface area contributed by atoms with E-state index in [-0.39, 0.29) is 48.8 Å². The number of allylic oxidation sites excluding steroid dienone is 1. The van der Waals surface area contributed by atoms with Gasteiger partial charge in [0.15, 0.2) is 0 Å². The summed E-state index contributed by atoms with van der Waals surface area (Å²) in [7, 11) is 0. The minimum atomic E-state index is -0.730. The third kappa shape index (κ3) is 9.94. The standard InChI is InChI=1S/C58H58N8O9/c1-4-36-40(51-52(41-32-60-43-21-14-12-19-37(41)43)58(73)66(57(51)72)48(69)26-11-6-5-9-24-46(67)63-74)31-59-42(36)23-17-18-35-27-28-39-45(30-35)62-34(3)50(39)54-53(49-33(2)61-44-22-15-13-20-38(44)49)55(70)65(56(54)71)29-16-8-7-10-25-47(68)64-75/h4,12-15,17,19-23,27-28,30-32,59-62,74-75H,1,5-11,16,18,24-26,29H2,2-3H3,(H,63,67)(H,64,68)/b23-17-. The zero-order chi connectivity index (χ0) is 52.9. The van der Waals surface area contributed by atoms with Crippen LogP contribution in [0.2, 0.25) is 0 Å².